The summed E-state index contributed by atoms with van der Waals surface area (Å²) < 4.78 is 0. The van der Waals surface area contributed by atoms with Crippen LogP contribution in [0.5, 0.6) is 0 Å². The van der Waals surface area contributed by atoms with Gasteiger partial charge in [0, 0.05) is 30.2 Å². The lowest BCUT2D eigenvalue weighted by Gasteiger charge is -2.42. The summed E-state index contributed by atoms with van der Waals surface area (Å²) in [5, 5.41) is 11.2. The van der Waals surface area contributed by atoms with E-state index < -0.39 is 6.10 Å². The quantitative estimate of drug-likeness (QED) is 0.570. The van der Waals surface area contributed by atoms with E-state index in [2.05, 4.69) is 26.8 Å². The molecule has 0 amide bonds. The summed E-state index contributed by atoms with van der Waals surface area (Å²) in [5.41, 5.74) is 18.3. The molecule has 1 spiro atoms. The Balaban J connectivity index is 1.46. The van der Waals surface area contributed by atoms with Crippen molar-refractivity contribution in [3.05, 3.63) is 23.5 Å². The zero-order chi connectivity index (χ0) is 20.8. The molecule has 0 aromatic carbocycles. The average Bonchev–Trinajstić information content (AvgIpc) is 2.91. The number of hydrogen-bond donors (Lipinski definition) is 4. The molecule has 156 valence electrons. The van der Waals surface area contributed by atoms with Crippen LogP contribution in [0.2, 0.25) is 5.02 Å². The summed E-state index contributed by atoms with van der Waals surface area (Å²) in [5.74, 6) is 1.62. The Morgan fingerprint density at radius 2 is 1.97 bits per heavy atom. The first-order valence-corrected chi connectivity index (χ1v) is 10.9. The number of pyridine rings is 1. The van der Waals surface area contributed by atoms with Crippen LogP contribution >= 0.6 is 23.4 Å². The van der Waals surface area contributed by atoms with Crippen molar-refractivity contribution >= 4 is 40.8 Å². The Morgan fingerprint density at radius 1 is 1.24 bits per heavy atom. The van der Waals surface area contributed by atoms with Gasteiger partial charge in [-0.05, 0) is 36.7 Å². The van der Waals surface area contributed by atoms with Crippen molar-refractivity contribution in [2.24, 2.45) is 17.1 Å². The smallest absolute Gasteiger partial charge is 0.158 e. The van der Waals surface area contributed by atoms with Crippen LogP contribution in [0.1, 0.15) is 26.2 Å². The molecular formula is C19H26ClN7OS. The number of halogens is 1. The SMILES string of the molecule is C[C@@H]1CC2(CCN(c3cnc(Sc4ccnc(N)c4Cl)c(N)n3)CC2)[C@H](N)[C@H]1O. The molecule has 1 saturated carbocycles. The number of aliphatic hydroxyl groups is 1. The molecule has 0 unspecified atom stereocenters. The Hall–Kier alpha value is -1.81. The van der Waals surface area contributed by atoms with E-state index in [1.54, 1.807) is 18.5 Å². The molecule has 4 rings (SSSR count). The fourth-order valence-electron chi connectivity index (χ4n) is 4.57. The van der Waals surface area contributed by atoms with E-state index in [9.17, 15) is 5.11 Å². The van der Waals surface area contributed by atoms with Crippen LogP contribution in [-0.4, -0.2) is 45.3 Å². The third-order valence-electron chi connectivity index (χ3n) is 6.31. The molecule has 10 heteroatoms. The molecule has 8 nitrogen and oxygen atoms in total. The summed E-state index contributed by atoms with van der Waals surface area (Å²) in [6, 6.07) is 1.61. The van der Waals surface area contributed by atoms with E-state index in [1.165, 1.54) is 11.8 Å². The Labute approximate surface area is 179 Å². The second kappa shape index (κ2) is 7.79. The molecule has 29 heavy (non-hydrogen) atoms. The number of aromatic nitrogens is 3. The maximum Gasteiger partial charge on any atom is 0.158 e. The molecule has 3 heterocycles. The standard InChI is InChI=1S/C19H26ClN7OS/c1-10-8-19(15(21)14(10)28)3-6-27(7-4-19)12-9-25-18(17(23)26-12)29-11-2-5-24-16(22)13(11)20/h2,5,9-10,14-15,28H,3-4,6-8,21H2,1H3,(H2,22,24)(H2,23,26)/t10-,14+,15-/m1/s1. The van der Waals surface area contributed by atoms with E-state index in [-0.39, 0.29) is 23.2 Å². The van der Waals surface area contributed by atoms with E-state index in [1.807, 2.05) is 0 Å². The molecule has 2 fully saturated rings. The van der Waals surface area contributed by atoms with Crippen molar-refractivity contribution in [1.29, 1.82) is 0 Å². The maximum atomic E-state index is 10.3. The normalized spacial score (nSPS) is 26.2. The van der Waals surface area contributed by atoms with E-state index >= 15 is 0 Å². The van der Waals surface area contributed by atoms with Gasteiger partial charge in [0.15, 0.2) is 5.82 Å². The lowest BCUT2D eigenvalue weighted by molar-refractivity contribution is 0.0996. The summed E-state index contributed by atoms with van der Waals surface area (Å²) in [7, 11) is 0. The number of nitrogen functional groups attached to an aromatic ring is 2. The highest BCUT2D eigenvalue weighted by Gasteiger charge is 2.50. The van der Waals surface area contributed by atoms with Crippen LogP contribution in [0.4, 0.5) is 17.5 Å². The second-order valence-electron chi connectivity index (χ2n) is 8.08. The van der Waals surface area contributed by atoms with Gasteiger partial charge >= 0.3 is 0 Å². The van der Waals surface area contributed by atoms with Crippen molar-refractivity contribution in [2.45, 2.75) is 48.3 Å². The summed E-state index contributed by atoms with van der Waals surface area (Å²) in [4.78, 5) is 15.9. The van der Waals surface area contributed by atoms with E-state index in [0.29, 0.717) is 15.9 Å². The van der Waals surface area contributed by atoms with Gasteiger partial charge < -0.3 is 27.2 Å². The summed E-state index contributed by atoms with van der Waals surface area (Å²) >= 11 is 7.52. The van der Waals surface area contributed by atoms with Crippen molar-refractivity contribution in [2.75, 3.05) is 29.5 Å². The second-order valence-corrected chi connectivity index (χ2v) is 9.48. The number of piperidine rings is 1. The number of hydrogen-bond acceptors (Lipinski definition) is 9. The third-order valence-corrected chi connectivity index (χ3v) is 7.89. The number of nitrogens with zero attached hydrogens (tertiary/aromatic N) is 4. The molecule has 7 N–H and O–H groups in total. The van der Waals surface area contributed by atoms with Gasteiger partial charge in [-0.25, -0.2) is 15.0 Å². The van der Waals surface area contributed by atoms with Gasteiger partial charge in [0.1, 0.15) is 16.7 Å². The van der Waals surface area contributed by atoms with Gasteiger partial charge in [0.05, 0.1) is 17.3 Å². The molecule has 1 aliphatic carbocycles. The molecule has 1 saturated heterocycles. The maximum absolute atomic E-state index is 10.3. The van der Waals surface area contributed by atoms with Gasteiger partial charge in [-0.2, -0.15) is 0 Å². The fraction of sp³-hybridized carbons (Fsp3) is 0.526. The Bertz CT molecular complexity index is 906. The zero-order valence-electron chi connectivity index (χ0n) is 16.3. The van der Waals surface area contributed by atoms with Gasteiger partial charge in [0.25, 0.3) is 0 Å². The van der Waals surface area contributed by atoms with Crippen molar-refractivity contribution < 1.29 is 5.11 Å². The van der Waals surface area contributed by atoms with Crippen molar-refractivity contribution in [3.8, 4) is 0 Å². The van der Waals surface area contributed by atoms with Crippen LogP contribution in [0.3, 0.4) is 0 Å². The minimum absolute atomic E-state index is 0.0160. The molecule has 2 aromatic rings. The summed E-state index contributed by atoms with van der Waals surface area (Å²) in [6.45, 7) is 3.72. The van der Waals surface area contributed by atoms with Gasteiger partial charge in [0.2, 0.25) is 0 Å². The highest BCUT2D eigenvalue weighted by atomic mass is 35.5. The number of nitrogens with two attached hydrogens (primary N) is 3. The third kappa shape index (κ3) is 3.72. The number of aliphatic hydroxyl groups excluding tert-OH is 1. The van der Waals surface area contributed by atoms with Gasteiger partial charge in [-0.3, -0.25) is 0 Å². The predicted molar refractivity (Wildman–Crippen MR) is 116 cm³/mol. The highest BCUT2D eigenvalue weighted by molar-refractivity contribution is 7.99. The summed E-state index contributed by atoms with van der Waals surface area (Å²) in [6.07, 6.45) is 5.75. The van der Waals surface area contributed by atoms with Crippen LogP contribution in [0.25, 0.3) is 0 Å². The molecule has 1 aliphatic heterocycles. The largest absolute Gasteiger partial charge is 0.391 e. The van der Waals surface area contributed by atoms with Crippen LogP contribution < -0.4 is 22.1 Å². The first-order valence-electron chi connectivity index (χ1n) is 9.70. The topological polar surface area (TPSA) is 140 Å². The Kier molecular flexibility index (Phi) is 5.50. The molecule has 2 aliphatic rings. The molecular weight excluding hydrogens is 410 g/mol. The first kappa shape index (κ1) is 20.5. The van der Waals surface area contributed by atoms with Crippen LogP contribution in [0, 0.1) is 11.3 Å². The van der Waals surface area contributed by atoms with Crippen LogP contribution in [-0.2, 0) is 0 Å². The Morgan fingerprint density at radius 3 is 2.59 bits per heavy atom. The molecule has 0 radical (unpaired) electrons. The lowest BCUT2D eigenvalue weighted by atomic mass is 9.74. The zero-order valence-corrected chi connectivity index (χ0v) is 17.8. The molecule has 0 bridgehead atoms. The molecule has 2 aromatic heterocycles. The molecule has 3 atom stereocenters. The lowest BCUT2D eigenvalue weighted by Crippen LogP contribution is -2.50. The van der Waals surface area contributed by atoms with Crippen LogP contribution in [0.15, 0.2) is 28.4 Å². The van der Waals surface area contributed by atoms with Crippen molar-refractivity contribution in [3.63, 3.8) is 0 Å². The van der Waals surface area contributed by atoms with Gasteiger partial charge in [-0.1, -0.05) is 30.3 Å². The van der Waals surface area contributed by atoms with E-state index in [0.717, 1.165) is 43.1 Å². The predicted octanol–water partition coefficient (Wildman–Crippen LogP) is 2.16. The fourth-order valence-corrected chi connectivity index (χ4v) is 5.59. The van der Waals surface area contributed by atoms with Gasteiger partial charge in [-0.15, -0.1) is 0 Å². The minimum atomic E-state index is -0.414. The van der Waals surface area contributed by atoms with Crippen molar-refractivity contribution in [1.82, 2.24) is 15.0 Å². The first-order chi connectivity index (χ1) is 13.8. The monoisotopic (exact) mass is 435 g/mol. The number of anilines is 3. The minimum Gasteiger partial charge on any atom is -0.391 e. The average molecular weight is 436 g/mol. The highest BCUT2D eigenvalue weighted by Crippen LogP contribution is 2.48. The number of rotatable bonds is 3. The van der Waals surface area contributed by atoms with E-state index in [4.69, 9.17) is 28.8 Å².